The SMILES string of the molecule is Cc1cc(C)cc(OC[C@H](O)CN2C(=O)N[C@H](CCc3ccccc3)C2=O)c1. The predicted octanol–water partition coefficient (Wildman–Crippen LogP) is 2.60. The van der Waals surface area contributed by atoms with E-state index in [9.17, 15) is 14.7 Å². The highest BCUT2D eigenvalue weighted by atomic mass is 16.5. The number of aliphatic hydroxyl groups excluding tert-OH is 1. The Morgan fingerprint density at radius 2 is 1.79 bits per heavy atom. The number of carbonyl (C=O) groups excluding carboxylic acids is 2. The van der Waals surface area contributed by atoms with E-state index in [2.05, 4.69) is 5.32 Å². The molecule has 148 valence electrons. The second-order valence-corrected chi connectivity index (χ2v) is 7.26. The highest BCUT2D eigenvalue weighted by Gasteiger charge is 2.38. The van der Waals surface area contributed by atoms with Gasteiger partial charge in [0.1, 0.15) is 24.5 Å². The molecule has 6 heteroatoms. The van der Waals surface area contributed by atoms with Crippen LogP contribution in [0, 0.1) is 13.8 Å². The van der Waals surface area contributed by atoms with E-state index >= 15 is 0 Å². The summed E-state index contributed by atoms with van der Waals surface area (Å²) in [6.45, 7) is 3.87. The number of nitrogens with zero attached hydrogens (tertiary/aromatic N) is 1. The molecule has 0 unspecified atom stereocenters. The molecule has 1 aliphatic heterocycles. The maximum absolute atomic E-state index is 12.5. The number of β-amino-alcohol motifs (C(OH)–C–C–N with tert-alkyl or cyclic N) is 1. The van der Waals surface area contributed by atoms with E-state index < -0.39 is 18.2 Å². The topological polar surface area (TPSA) is 78.9 Å². The van der Waals surface area contributed by atoms with Crippen LogP contribution in [0.5, 0.6) is 5.75 Å². The minimum atomic E-state index is -0.955. The Bertz CT molecular complexity index is 817. The molecule has 1 fully saturated rings. The first-order chi connectivity index (χ1) is 13.4. The number of hydrogen-bond acceptors (Lipinski definition) is 4. The monoisotopic (exact) mass is 382 g/mol. The lowest BCUT2D eigenvalue weighted by Crippen LogP contribution is -2.40. The zero-order valence-corrected chi connectivity index (χ0v) is 16.2. The number of hydrogen-bond donors (Lipinski definition) is 2. The highest BCUT2D eigenvalue weighted by molar-refractivity contribution is 6.04. The van der Waals surface area contributed by atoms with Crippen molar-refractivity contribution in [1.29, 1.82) is 0 Å². The van der Waals surface area contributed by atoms with Crippen LogP contribution in [0.2, 0.25) is 0 Å². The molecule has 3 rings (SSSR count). The summed E-state index contributed by atoms with van der Waals surface area (Å²) < 4.78 is 5.62. The number of rotatable bonds is 8. The van der Waals surface area contributed by atoms with Crippen LogP contribution >= 0.6 is 0 Å². The standard InChI is InChI=1S/C22H26N2O4/c1-15-10-16(2)12-19(11-15)28-14-18(25)13-24-21(26)20(23-22(24)27)9-8-17-6-4-3-5-7-17/h3-7,10-12,18,20,25H,8-9,13-14H2,1-2H3,(H,23,27)/t18-,20-/m1/s1. The predicted molar refractivity (Wildman–Crippen MR) is 106 cm³/mol. The lowest BCUT2D eigenvalue weighted by molar-refractivity contribution is -0.128. The van der Waals surface area contributed by atoms with Crippen LogP contribution in [-0.4, -0.2) is 47.2 Å². The van der Waals surface area contributed by atoms with Crippen molar-refractivity contribution in [2.75, 3.05) is 13.2 Å². The molecule has 0 saturated carbocycles. The van der Waals surface area contributed by atoms with Crippen LogP contribution in [0.25, 0.3) is 0 Å². The van der Waals surface area contributed by atoms with Gasteiger partial charge in [-0.2, -0.15) is 0 Å². The number of imide groups is 1. The summed E-state index contributed by atoms with van der Waals surface area (Å²) in [4.78, 5) is 25.7. The van der Waals surface area contributed by atoms with Crippen molar-refractivity contribution >= 4 is 11.9 Å². The zero-order valence-electron chi connectivity index (χ0n) is 16.2. The summed E-state index contributed by atoms with van der Waals surface area (Å²) in [6.07, 6.45) is 0.271. The maximum Gasteiger partial charge on any atom is 0.324 e. The number of amides is 3. The Morgan fingerprint density at radius 3 is 2.46 bits per heavy atom. The lowest BCUT2D eigenvalue weighted by Gasteiger charge is -2.18. The van der Waals surface area contributed by atoms with E-state index in [0.29, 0.717) is 18.6 Å². The smallest absolute Gasteiger partial charge is 0.324 e. The number of ether oxygens (including phenoxy) is 1. The molecule has 2 N–H and O–H groups in total. The van der Waals surface area contributed by atoms with Crippen LogP contribution in [0.4, 0.5) is 4.79 Å². The molecule has 1 saturated heterocycles. The van der Waals surface area contributed by atoms with Crippen molar-refractivity contribution in [2.45, 2.75) is 38.8 Å². The average Bonchev–Trinajstić information content (AvgIpc) is 2.92. The van der Waals surface area contributed by atoms with E-state index in [4.69, 9.17) is 4.74 Å². The lowest BCUT2D eigenvalue weighted by atomic mass is 10.1. The second kappa shape index (κ2) is 8.89. The Morgan fingerprint density at radius 1 is 1.11 bits per heavy atom. The van der Waals surface area contributed by atoms with Gasteiger partial charge in [0.15, 0.2) is 0 Å². The zero-order chi connectivity index (χ0) is 20.1. The molecule has 1 heterocycles. The first-order valence-electron chi connectivity index (χ1n) is 9.47. The van der Waals surface area contributed by atoms with E-state index in [-0.39, 0.29) is 19.1 Å². The van der Waals surface area contributed by atoms with Crippen molar-refractivity contribution in [3.8, 4) is 5.75 Å². The first kappa shape index (κ1) is 19.9. The molecule has 6 nitrogen and oxygen atoms in total. The summed E-state index contributed by atoms with van der Waals surface area (Å²) in [5.74, 6) is 0.362. The second-order valence-electron chi connectivity index (χ2n) is 7.26. The number of aliphatic hydroxyl groups is 1. The molecule has 0 aromatic heterocycles. The molecule has 2 atom stereocenters. The molecule has 1 aliphatic rings. The van der Waals surface area contributed by atoms with Crippen molar-refractivity contribution in [3.05, 3.63) is 65.2 Å². The van der Waals surface area contributed by atoms with Crippen molar-refractivity contribution in [2.24, 2.45) is 0 Å². The van der Waals surface area contributed by atoms with Crippen molar-refractivity contribution in [1.82, 2.24) is 10.2 Å². The average molecular weight is 382 g/mol. The number of urea groups is 1. The van der Waals surface area contributed by atoms with E-state index in [1.54, 1.807) is 0 Å². The molecular formula is C22H26N2O4. The van der Waals surface area contributed by atoms with Gasteiger partial charge >= 0.3 is 6.03 Å². The van der Waals surface area contributed by atoms with Gasteiger partial charge in [0, 0.05) is 0 Å². The quantitative estimate of drug-likeness (QED) is 0.688. The van der Waals surface area contributed by atoms with Gasteiger partial charge in [-0.3, -0.25) is 9.69 Å². The third kappa shape index (κ3) is 5.10. The minimum Gasteiger partial charge on any atom is -0.491 e. The Hall–Kier alpha value is -2.86. The number of aryl methyl sites for hydroxylation is 3. The highest BCUT2D eigenvalue weighted by Crippen LogP contribution is 2.17. The molecule has 0 aliphatic carbocycles. The third-order valence-corrected chi connectivity index (χ3v) is 4.70. The van der Waals surface area contributed by atoms with Crippen molar-refractivity contribution in [3.63, 3.8) is 0 Å². The van der Waals surface area contributed by atoms with Gasteiger partial charge in [0.2, 0.25) is 0 Å². The van der Waals surface area contributed by atoms with E-state index in [0.717, 1.165) is 21.6 Å². The van der Waals surface area contributed by atoms with Gasteiger partial charge in [-0.05, 0) is 55.5 Å². The molecule has 0 radical (unpaired) electrons. The third-order valence-electron chi connectivity index (χ3n) is 4.70. The molecule has 0 spiro atoms. The van der Waals surface area contributed by atoms with Gasteiger partial charge in [-0.15, -0.1) is 0 Å². The van der Waals surface area contributed by atoms with Gasteiger partial charge in [0.05, 0.1) is 6.54 Å². The Balaban J connectivity index is 1.50. The Kier molecular flexibility index (Phi) is 6.31. The van der Waals surface area contributed by atoms with Gasteiger partial charge in [0.25, 0.3) is 5.91 Å². The van der Waals surface area contributed by atoms with Gasteiger partial charge < -0.3 is 15.2 Å². The number of benzene rings is 2. The fourth-order valence-corrected chi connectivity index (χ4v) is 3.37. The summed E-state index contributed by atoms with van der Waals surface area (Å²) in [5, 5.41) is 12.9. The van der Waals surface area contributed by atoms with Crippen LogP contribution in [0.3, 0.4) is 0 Å². The normalized spacial score (nSPS) is 17.5. The van der Waals surface area contributed by atoms with Gasteiger partial charge in [-0.1, -0.05) is 36.4 Å². The number of carbonyl (C=O) groups is 2. The summed E-state index contributed by atoms with van der Waals surface area (Å²) in [5.41, 5.74) is 3.25. The molecule has 2 aromatic carbocycles. The first-order valence-corrected chi connectivity index (χ1v) is 9.47. The minimum absolute atomic E-state index is 0.00857. The van der Waals surface area contributed by atoms with Crippen LogP contribution < -0.4 is 10.1 Å². The molecule has 0 bridgehead atoms. The van der Waals surface area contributed by atoms with Crippen molar-refractivity contribution < 1.29 is 19.4 Å². The van der Waals surface area contributed by atoms with Crippen LogP contribution in [-0.2, 0) is 11.2 Å². The summed E-state index contributed by atoms with van der Waals surface area (Å²) >= 11 is 0. The number of nitrogens with one attached hydrogen (secondary N) is 1. The summed E-state index contributed by atoms with van der Waals surface area (Å²) in [6, 6.07) is 14.6. The van der Waals surface area contributed by atoms with E-state index in [1.165, 1.54) is 0 Å². The fourth-order valence-electron chi connectivity index (χ4n) is 3.37. The van der Waals surface area contributed by atoms with Gasteiger partial charge in [-0.25, -0.2) is 4.79 Å². The van der Waals surface area contributed by atoms with Crippen LogP contribution in [0.15, 0.2) is 48.5 Å². The maximum atomic E-state index is 12.5. The molecule has 28 heavy (non-hydrogen) atoms. The fraction of sp³-hybridized carbons (Fsp3) is 0.364. The molecular weight excluding hydrogens is 356 g/mol. The largest absolute Gasteiger partial charge is 0.491 e. The summed E-state index contributed by atoms with van der Waals surface area (Å²) in [7, 11) is 0. The Labute approximate surface area is 165 Å². The van der Waals surface area contributed by atoms with Crippen LogP contribution in [0.1, 0.15) is 23.1 Å². The molecule has 2 aromatic rings. The van der Waals surface area contributed by atoms with E-state index in [1.807, 2.05) is 62.4 Å². The molecule has 3 amide bonds.